The molecule has 1 aliphatic rings. The fourth-order valence-corrected chi connectivity index (χ4v) is 8.00. The van der Waals surface area contributed by atoms with Gasteiger partial charge in [-0.2, -0.15) is 0 Å². The van der Waals surface area contributed by atoms with Gasteiger partial charge < -0.3 is 20.5 Å². The van der Waals surface area contributed by atoms with Gasteiger partial charge in [-0.3, -0.25) is 14.5 Å². The summed E-state index contributed by atoms with van der Waals surface area (Å²) in [6.07, 6.45) is 6.27. The van der Waals surface area contributed by atoms with Crippen LogP contribution in [0.2, 0.25) is 0 Å². The number of nitrogens with zero attached hydrogens (tertiary/aromatic N) is 2. The molecule has 3 amide bonds. The molecule has 3 aromatic carbocycles. The minimum atomic E-state index is -0.942. The Morgan fingerprint density at radius 2 is 1.34 bits per heavy atom. The Bertz CT molecular complexity index is 1380. The van der Waals surface area contributed by atoms with E-state index in [4.69, 9.17) is 10.5 Å². The van der Waals surface area contributed by atoms with E-state index in [-0.39, 0.29) is 31.1 Å². The number of rotatable bonds is 8. The molecule has 1 aliphatic heterocycles. The van der Waals surface area contributed by atoms with Crippen LogP contribution in [0.4, 0.5) is 4.79 Å². The van der Waals surface area contributed by atoms with Crippen molar-refractivity contribution in [3.63, 3.8) is 0 Å². The number of carbonyl (C=O) groups is 3. The van der Waals surface area contributed by atoms with Gasteiger partial charge >= 0.3 is 6.09 Å². The van der Waals surface area contributed by atoms with Crippen LogP contribution in [-0.4, -0.2) is 69.5 Å². The zero-order chi connectivity index (χ0) is 33.3. The molecule has 3 aromatic rings. The molecule has 4 rings (SSSR count). The van der Waals surface area contributed by atoms with Gasteiger partial charge in [-0.25, -0.2) is 4.79 Å². The summed E-state index contributed by atoms with van der Waals surface area (Å²) in [7, 11) is 3.80. The average molecular weight is 678 g/mol. The summed E-state index contributed by atoms with van der Waals surface area (Å²) in [6, 6.07) is 23.9. The Hall–Kier alpha value is -3.63. The summed E-state index contributed by atoms with van der Waals surface area (Å²) in [5.74, 6) is 1.32. The van der Waals surface area contributed by atoms with E-state index in [1.807, 2.05) is 82.3 Å². The molecule has 1 saturated heterocycles. The van der Waals surface area contributed by atoms with E-state index >= 15 is 0 Å². The Kier molecular flexibility index (Phi) is 15.3. The summed E-state index contributed by atoms with van der Waals surface area (Å²) in [6.45, 7) is 0.751. The molecular weight excluding hydrogens is 631 g/mol. The van der Waals surface area contributed by atoms with Gasteiger partial charge in [0.25, 0.3) is 0 Å². The Morgan fingerprint density at radius 1 is 0.766 bits per heavy atom. The van der Waals surface area contributed by atoms with Crippen LogP contribution < -0.4 is 5.73 Å². The Morgan fingerprint density at radius 3 is 1.98 bits per heavy atom. The fraction of sp³-hybridized carbons (Fsp3) is 0.432. The quantitative estimate of drug-likeness (QED) is 0.247. The fourth-order valence-electron chi connectivity index (χ4n) is 5.71. The zero-order valence-electron chi connectivity index (χ0n) is 27.0. The second-order valence-electron chi connectivity index (χ2n) is 11.9. The predicted octanol–water partition coefficient (Wildman–Crippen LogP) is 6.99. The van der Waals surface area contributed by atoms with Gasteiger partial charge in [-0.05, 0) is 54.5 Å². The zero-order valence-corrected chi connectivity index (χ0v) is 28.6. The highest BCUT2D eigenvalue weighted by atomic mass is 33.1. The van der Waals surface area contributed by atoms with Crippen molar-refractivity contribution in [2.75, 3.05) is 24.6 Å². The van der Waals surface area contributed by atoms with Gasteiger partial charge in [0, 0.05) is 37.4 Å². The third-order valence-electron chi connectivity index (χ3n) is 8.31. The van der Waals surface area contributed by atoms with Crippen LogP contribution >= 0.6 is 21.6 Å². The second-order valence-corrected chi connectivity index (χ2v) is 14.6. The van der Waals surface area contributed by atoms with Crippen molar-refractivity contribution in [1.29, 1.82) is 0 Å². The molecule has 2 unspecified atom stereocenters. The maximum atomic E-state index is 14.9. The Balaban J connectivity index is 1.71. The van der Waals surface area contributed by atoms with Crippen molar-refractivity contribution >= 4 is 39.5 Å². The number of primary amides is 1. The molecule has 10 heteroatoms. The van der Waals surface area contributed by atoms with Crippen LogP contribution in [0.3, 0.4) is 0 Å². The summed E-state index contributed by atoms with van der Waals surface area (Å²) in [5.41, 5.74) is 8.57. The summed E-state index contributed by atoms with van der Waals surface area (Å²) in [4.78, 5) is 45.1. The van der Waals surface area contributed by atoms with Crippen molar-refractivity contribution in [3.8, 4) is 5.75 Å². The van der Waals surface area contributed by atoms with E-state index in [0.717, 1.165) is 60.3 Å². The van der Waals surface area contributed by atoms with Crippen LogP contribution in [-0.2, 0) is 33.8 Å². The molecule has 8 nitrogen and oxygen atoms in total. The first kappa shape index (κ1) is 36.2. The number of ether oxygens (including phenoxy) is 1. The van der Waals surface area contributed by atoms with Gasteiger partial charge in [0.1, 0.15) is 24.4 Å². The largest absolute Gasteiger partial charge is 0.508 e. The molecule has 0 spiro atoms. The Labute approximate surface area is 286 Å². The molecule has 0 saturated carbocycles. The van der Waals surface area contributed by atoms with Crippen molar-refractivity contribution in [3.05, 3.63) is 102 Å². The molecule has 0 radical (unpaired) electrons. The summed E-state index contributed by atoms with van der Waals surface area (Å²) in [5, 5.41) is 9.96. The summed E-state index contributed by atoms with van der Waals surface area (Å²) < 4.78 is 5.84. The number of carbonyl (C=O) groups excluding carboxylic acids is 3. The molecule has 0 bridgehead atoms. The third kappa shape index (κ3) is 12.2. The van der Waals surface area contributed by atoms with E-state index in [1.165, 1.54) is 0 Å². The van der Waals surface area contributed by atoms with Gasteiger partial charge in [-0.15, -0.1) is 0 Å². The molecule has 0 aromatic heterocycles. The highest BCUT2D eigenvalue weighted by Gasteiger charge is 2.38. The molecule has 1 fully saturated rings. The molecular formula is C37H47N3O5S2. The maximum absolute atomic E-state index is 14.9. The topological polar surface area (TPSA) is 113 Å². The maximum Gasteiger partial charge on any atom is 0.410 e. The number of phenols is 1. The number of hydrogen-bond acceptors (Lipinski definition) is 7. The van der Waals surface area contributed by atoms with E-state index in [0.29, 0.717) is 25.9 Å². The first-order valence-corrected chi connectivity index (χ1v) is 19.0. The van der Waals surface area contributed by atoms with Crippen molar-refractivity contribution in [1.82, 2.24) is 9.80 Å². The lowest BCUT2D eigenvalue weighted by atomic mass is 9.99. The molecule has 252 valence electrons. The lowest BCUT2D eigenvalue weighted by Crippen LogP contribution is -2.58. The van der Waals surface area contributed by atoms with E-state index in [2.05, 4.69) is 0 Å². The number of nitrogens with two attached hydrogens (primary N) is 1. The molecule has 47 heavy (non-hydrogen) atoms. The van der Waals surface area contributed by atoms with Gasteiger partial charge in [0.05, 0.1) is 0 Å². The predicted molar refractivity (Wildman–Crippen MR) is 191 cm³/mol. The highest BCUT2D eigenvalue weighted by molar-refractivity contribution is 8.76. The molecule has 1 heterocycles. The van der Waals surface area contributed by atoms with E-state index in [1.54, 1.807) is 34.1 Å². The molecule has 3 N–H and O–H groups in total. The lowest BCUT2D eigenvalue weighted by Gasteiger charge is -2.37. The highest BCUT2D eigenvalue weighted by Crippen LogP contribution is 2.26. The standard InChI is InChI=1S/C37H47N3O5S2/c38-35(42)33(26-29-14-6-3-7-15-29)39-22-11-5-13-25-47-46-24-12-2-1-10-23-40(37(44)45-28-31-16-8-4-9-17-31)34(36(39)43)27-30-18-20-32(41)21-19-30/h3-4,6-9,14-21,33-34,41H,1-2,5,10-13,22-28H2,(H2,38,42). The number of hydrogen-bond donors (Lipinski definition) is 2. The first-order valence-electron chi connectivity index (χ1n) is 16.6. The van der Waals surface area contributed by atoms with Crippen LogP contribution in [0, 0.1) is 0 Å². The summed E-state index contributed by atoms with van der Waals surface area (Å²) >= 11 is 0. The minimum absolute atomic E-state index is 0.0762. The van der Waals surface area contributed by atoms with E-state index in [9.17, 15) is 19.5 Å². The minimum Gasteiger partial charge on any atom is -0.508 e. The van der Waals surface area contributed by atoms with Crippen molar-refractivity contribution in [2.24, 2.45) is 5.73 Å². The van der Waals surface area contributed by atoms with Gasteiger partial charge in [-0.1, -0.05) is 114 Å². The SMILES string of the molecule is NC(=O)C(Cc1ccccc1)N1CCCCCSSCCCCCCN(C(=O)OCc2ccccc2)C(Cc2ccc(O)cc2)C1=O. The normalized spacial score (nSPS) is 18.2. The number of benzene rings is 3. The van der Waals surface area contributed by atoms with Gasteiger partial charge in [0.15, 0.2) is 0 Å². The van der Waals surface area contributed by atoms with E-state index < -0.39 is 24.1 Å². The second kappa shape index (κ2) is 19.9. The van der Waals surface area contributed by atoms with Gasteiger partial charge in [0.2, 0.25) is 11.8 Å². The molecule has 0 aliphatic carbocycles. The van der Waals surface area contributed by atoms with Crippen LogP contribution in [0.1, 0.15) is 61.6 Å². The monoisotopic (exact) mass is 677 g/mol. The molecule has 2 atom stereocenters. The van der Waals surface area contributed by atoms with Crippen LogP contribution in [0.5, 0.6) is 5.75 Å². The van der Waals surface area contributed by atoms with Crippen molar-refractivity contribution < 1.29 is 24.2 Å². The smallest absolute Gasteiger partial charge is 0.410 e. The van der Waals surface area contributed by atoms with Crippen LogP contribution in [0.25, 0.3) is 0 Å². The number of aromatic hydroxyl groups is 1. The first-order chi connectivity index (χ1) is 22.9. The third-order valence-corrected chi connectivity index (χ3v) is 10.9. The number of amides is 3. The number of phenolic OH excluding ortho intramolecular Hbond substituents is 1. The van der Waals surface area contributed by atoms with Crippen molar-refractivity contribution in [2.45, 2.75) is 76.5 Å². The lowest BCUT2D eigenvalue weighted by molar-refractivity contribution is -0.143. The van der Waals surface area contributed by atoms with Crippen LogP contribution in [0.15, 0.2) is 84.9 Å². The average Bonchev–Trinajstić information content (AvgIpc) is 3.09.